The molecule has 0 spiro atoms. The minimum Gasteiger partial charge on any atom is -0.469 e. The van der Waals surface area contributed by atoms with E-state index in [2.05, 4.69) is 25.7 Å². The Kier molecular flexibility index (Phi) is 6.58. The van der Waals surface area contributed by atoms with Crippen LogP contribution in [0.15, 0.2) is 16.7 Å². The summed E-state index contributed by atoms with van der Waals surface area (Å²) in [5.74, 6) is -0.519. The third kappa shape index (κ3) is 5.04. The van der Waals surface area contributed by atoms with Gasteiger partial charge in [0.25, 0.3) is 5.91 Å². The predicted octanol–water partition coefficient (Wildman–Crippen LogP) is 1.43. The molecule has 0 aliphatic heterocycles. The summed E-state index contributed by atoms with van der Waals surface area (Å²) in [6.07, 6.45) is 1.84. The smallest absolute Gasteiger partial charge is 0.307 e. The van der Waals surface area contributed by atoms with Crippen molar-refractivity contribution in [3.8, 4) is 0 Å². The van der Waals surface area contributed by atoms with Gasteiger partial charge in [0.15, 0.2) is 0 Å². The fourth-order valence-electron chi connectivity index (χ4n) is 1.51. The van der Waals surface area contributed by atoms with Gasteiger partial charge in [-0.15, -0.1) is 0 Å². The van der Waals surface area contributed by atoms with Crippen molar-refractivity contribution in [1.29, 1.82) is 0 Å². The zero-order valence-electron chi connectivity index (χ0n) is 10.9. The maximum Gasteiger partial charge on any atom is 0.307 e. The molecule has 0 bridgehead atoms. The summed E-state index contributed by atoms with van der Waals surface area (Å²) < 4.78 is 10.3. The molecule has 0 saturated carbocycles. The van der Waals surface area contributed by atoms with Crippen LogP contribution in [0.4, 0.5) is 0 Å². The Hall–Kier alpha value is -1.34. The van der Waals surface area contributed by atoms with E-state index < -0.39 is 0 Å². The van der Waals surface area contributed by atoms with E-state index in [-0.39, 0.29) is 18.3 Å². The van der Waals surface area contributed by atoms with E-state index >= 15 is 0 Å². The van der Waals surface area contributed by atoms with Gasteiger partial charge < -0.3 is 19.4 Å². The van der Waals surface area contributed by atoms with Crippen LogP contribution in [0.2, 0.25) is 0 Å². The van der Waals surface area contributed by atoms with E-state index in [1.165, 1.54) is 7.11 Å². The lowest BCUT2D eigenvalue weighted by molar-refractivity contribution is -0.140. The number of hydrogen-bond donors (Lipinski definition) is 1. The quantitative estimate of drug-likeness (QED) is 0.767. The summed E-state index contributed by atoms with van der Waals surface area (Å²) in [5, 5.41) is 0. The molecule has 0 aliphatic rings. The highest BCUT2D eigenvalue weighted by molar-refractivity contribution is 9.10. The Balaban J connectivity index is 2.66. The molecule has 1 heterocycles. The second-order valence-electron chi connectivity index (χ2n) is 3.84. The number of nitrogens with zero attached hydrogens (tertiary/aromatic N) is 1. The maximum absolute atomic E-state index is 12.2. The van der Waals surface area contributed by atoms with Crippen LogP contribution in [0.3, 0.4) is 0 Å². The van der Waals surface area contributed by atoms with Crippen molar-refractivity contribution in [3.05, 3.63) is 22.4 Å². The van der Waals surface area contributed by atoms with Crippen molar-refractivity contribution in [1.82, 2.24) is 9.88 Å². The molecule has 1 N–H and O–H groups in total. The Morgan fingerprint density at radius 1 is 1.37 bits per heavy atom. The van der Waals surface area contributed by atoms with Crippen LogP contribution in [-0.4, -0.2) is 55.7 Å². The van der Waals surface area contributed by atoms with Gasteiger partial charge in [0.1, 0.15) is 5.69 Å². The number of rotatable bonds is 7. The minimum absolute atomic E-state index is 0.161. The van der Waals surface area contributed by atoms with Gasteiger partial charge in [-0.2, -0.15) is 0 Å². The normalized spacial score (nSPS) is 10.3. The molecule has 19 heavy (non-hydrogen) atoms. The van der Waals surface area contributed by atoms with Crippen LogP contribution in [0.1, 0.15) is 16.9 Å². The average molecular weight is 333 g/mol. The van der Waals surface area contributed by atoms with Crippen LogP contribution in [0.5, 0.6) is 0 Å². The van der Waals surface area contributed by atoms with E-state index in [1.54, 1.807) is 24.3 Å². The lowest BCUT2D eigenvalue weighted by Gasteiger charge is -2.21. The van der Waals surface area contributed by atoms with Crippen molar-refractivity contribution < 1.29 is 19.1 Å². The molecule has 1 aromatic heterocycles. The molecule has 0 aliphatic carbocycles. The van der Waals surface area contributed by atoms with Gasteiger partial charge in [-0.3, -0.25) is 9.59 Å². The summed E-state index contributed by atoms with van der Waals surface area (Å²) >= 11 is 3.27. The molecule has 0 saturated heterocycles. The van der Waals surface area contributed by atoms with Gasteiger partial charge in [-0.1, -0.05) is 0 Å². The highest BCUT2D eigenvalue weighted by Gasteiger charge is 2.18. The number of nitrogens with one attached hydrogen (secondary N) is 1. The molecule has 1 rings (SSSR count). The fourth-order valence-corrected chi connectivity index (χ4v) is 1.85. The zero-order valence-corrected chi connectivity index (χ0v) is 12.5. The first-order valence-electron chi connectivity index (χ1n) is 5.77. The number of H-pyrrole nitrogens is 1. The average Bonchev–Trinajstić information content (AvgIpc) is 2.84. The van der Waals surface area contributed by atoms with Gasteiger partial charge in [0.05, 0.1) is 20.1 Å². The first kappa shape index (κ1) is 15.7. The SMILES string of the molecule is COCCN(CCC(=O)OC)C(=O)c1cc(Br)c[nH]1. The Morgan fingerprint density at radius 2 is 2.11 bits per heavy atom. The molecule has 106 valence electrons. The van der Waals surface area contributed by atoms with Crippen LogP contribution < -0.4 is 0 Å². The third-order valence-corrected chi connectivity index (χ3v) is 3.00. The Labute approximate surface area is 120 Å². The number of aromatic amines is 1. The lowest BCUT2D eigenvalue weighted by atomic mass is 10.3. The molecule has 0 unspecified atom stereocenters. The number of halogens is 1. The molecule has 0 aromatic carbocycles. The number of methoxy groups -OCH3 is 2. The number of amides is 1. The van der Waals surface area contributed by atoms with Crippen molar-refractivity contribution in [2.24, 2.45) is 0 Å². The molecule has 0 atom stereocenters. The van der Waals surface area contributed by atoms with E-state index in [4.69, 9.17) is 4.74 Å². The highest BCUT2D eigenvalue weighted by atomic mass is 79.9. The van der Waals surface area contributed by atoms with E-state index in [9.17, 15) is 9.59 Å². The van der Waals surface area contributed by atoms with Gasteiger partial charge in [-0.25, -0.2) is 0 Å². The lowest BCUT2D eigenvalue weighted by Crippen LogP contribution is -2.36. The van der Waals surface area contributed by atoms with E-state index in [1.807, 2.05) is 0 Å². The largest absolute Gasteiger partial charge is 0.469 e. The van der Waals surface area contributed by atoms with E-state index in [0.29, 0.717) is 25.4 Å². The molecule has 0 radical (unpaired) electrons. The first-order chi connectivity index (χ1) is 9.08. The van der Waals surface area contributed by atoms with Gasteiger partial charge in [-0.05, 0) is 22.0 Å². The van der Waals surface area contributed by atoms with Crippen molar-refractivity contribution in [3.63, 3.8) is 0 Å². The summed E-state index contributed by atoms with van der Waals surface area (Å²) in [7, 11) is 2.89. The summed E-state index contributed by atoms with van der Waals surface area (Å²) in [4.78, 5) is 27.8. The Bertz CT molecular complexity index is 433. The second-order valence-corrected chi connectivity index (χ2v) is 4.76. The fraction of sp³-hybridized carbons (Fsp3) is 0.500. The molecule has 6 nitrogen and oxygen atoms in total. The molecule has 0 fully saturated rings. The van der Waals surface area contributed by atoms with Crippen LogP contribution in [-0.2, 0) is 14.3 Å². The molecular weight excluding hydrogens is 316 g/mol. The summed E-state index contributed by atoms with van der Waals surface area (Å²) in [6, 6.07) is 1.69. The molecule has 7 heteroatoms. The van der Waals surface area contributed by atoms with Crippen LogP contribution in [0.25, 0.3) is 0 Å². The van der Waals surface area contributed by atoms with Gasteiger partial charge in [0, 0.05) is 30.9 Å². The second kappa shape index (κ2) is 7.96. The number of carbonyl (C=O) groups excluding carboxylic acids is 2. The number of esters is 1. The maximum atomic E-state index is 12.2. The predicted molar refractivity (Wildman–Crippen MR) is 72.9 cm³/mol. The van der Waals surface area contributed by atoms with Crippen LogP contribution in [0, 0.1) is 0 Å². The van der Waals surface area contributed by atoms with Gasteiger partial charge >= 0.3 is 5.97 Å². The highest BCUT2D eigenvalue weighted by Crippen LogP contribution is 2.12. The molecule has 1 aromatic rings. The topological polar surface area (TPSA) is 71.6 Å². The van der Waals surface area contributed by atoms with Gasteiger partial charge in [0.2, 0.25) is 0 Å². The Morgan fingerprint density at radius 3 is 2.63 bits per heavy atom. The number of carbonyl (C=O) groups is 2. The van der Waals surface area contributed by atoms with Crippen molar-refractivity contribution in [2.45, 2.75) is 6.42 Å². The summed E-state index contributed by atoms with van der Waals surface area (Å²) in [5.41, 5.74) is 0.466. The van der Waals surface area contributed by atoms with Crippen molar-refractivity contribution >= 4 is 27.8 Å². The monoisotopic (exact) mass is 332 g/mol. The van der Waals surface area contributed by atoms with Crippen LogP contribution >= 0.6 is 15.9 Å². The number of aromatic nitrogens is 1. The first-order valence-corrected chi connectivity index (χ1v) is 6.56. The third-order valence-electron chi connectivity index (χ3n) is 2.54. The molecule has 1 amide bonds. The summed E-state index contributed by atoms with van der Waals surface area (Å²) in [6.45, 7) is 1.13. The number of hydrogen-bond acceptors (Lipinski definition) is 4. The van der Waals surface area contributed by atoms with E-state index in [0.717, 1.165) is 4.47 Å². The van der Waals surface area contributed by atoms with Crippen molar-refractivity contribution in [2.75, 3.05) is 33.9 Å². The zero-order chi connectivity index (χ0) is 14.3. The molecular formula is C12H17BrN2O4. The minimum atomic E-state index is -0.345. The number of ether oxygens (including phenoxy) is 2. The standard InChI is InChI=1S/C12H17BrN2O4/c1-18-6-5-15(4-3-11(16)19-2)12(17)10-7-9(13)8-14-10/h7-8,14H,3-6H2,1-2H3.